The van der Waals surface area contributed by atoms with Crippen molar-refractivity contribution in [2.45, 2.75) is 20.3 Å². The highest BCUT2D eigenvalue weighted by molar-refractivity contribution is 5.97. The van der Waals surface area contributed by atoms with Gasteiger partial charge in [-0.2, -0.15) is 0 Å². The number of hydrogen-bond acceptors (Lipinski definition) is 2. The molecule has 0 bridgehead atoms. The van der Waals surface area contributed by atoms with Gasteiger partial charge in [-0.3, -0.25) is 4.79 Å². The maximum atomic E-state index is 11.7. The summed E-state index contributed by atoms with van der Waals surface area (Å²) in [6.45, 7) is 4.50. The third-order valence-corrected chi connectivity index (χ3v) is 3.11. The quantitative estimate of drug-likeness (QED) is 0.726. The van der Waals surface area contributed by atoms with Gasteiger partial charge in [0.05, 0.1) is 5.92 Å². The standard InChI is InChI=1S/C12H16N2O/c1-7-3-4-8(2)11-10(7)5-9(6-13)12(15)14-11/h3-4,9H,5-6,13H2,1-2H3,(H,14,15). The Kier molecular flexibility index (Phi) is 2.49. The fourth-order valence-electron chi connectivity index (χ4n) is 2.06. The van der Waals surface area contributed by atoms with Crippen LogP contribution in [0.15, 0.2) is 12.1 Å². The molecule has 1 aliphatic rings. The van der Waals surface area contributed by atoms with Crippen LogP contribution in [0.5, 0.6) is 0 Å². The van der Waals surface area contributed by atoms with Crippen LogP contribution in [0, 0.1) is 19.8 Å². The van der Waals surface area contributed by atoms with Gasteiger partial charge in [-0.05, 0) is 37.0 Å². The molecule has 80 valence electrons. The van der Waals surface area contributed by atoms with E-state index in [2.05, 4.69) is 18.3 Å². The monoisotopic (exact) mass is 204 g/mol. The molecule has 1 aromatic rings. The van der Waals surface area contributed by atoms with Crippen LogP contribution in [0.3, 0.4) is 0 Å². The molecular weight excluding hydrogens is 188 g/mol. The molecule has 1 aliphatic heterocycles. The number of aryl methyl sites for hydroxylation is 2. The minimum Gasteiger partial charge on any atom is -0.330 e. The zero-order valence-corrected chi connectivity index (χ0v) is 9.13. The maximum Gasteiger partial charge on any atom is 0.229 e. The zero-order chi connectivity index (χ0) is 11.0. The van der Waals surface area contributed by atoms with Crippen molar-refractivity contribution < 1.29 is 4.79 Å². The molecule has 15 heavy (non-hydrogen) atoms. The minimum atomic E-state index is -0.0713. The first kappa shape index (κ1) is 10.2. The third-order valence-electron chi connectivity index (χ3n) is 3.11. The molecule has 0 saturated carbocycles. The van der Waals surface area contributed by atoms with Gasteiger partial charge in [0.2, 0.25) is 5.91 Å². The molecule has 0 spiro atoms. The van der Waals surface area contributed by atoms with Crippen LogP contribution < -0.4 is 11.1 Å². The lowest BCUT2D eigenvalue weighted by molar-refractivity contribution is -0.119. The Morgan fingerprint density at radius 3 is 2.73 bits per heavy atom. The van der Waals surface area contributed by atoms with E-state index in [0.717, 1.165) is 17.7 Å². The second-order valence-corrected chi connectivity index (χ2v) is 4.18. The SMILES string of the molecule is Cc1ccc(C)c2c1CC(CN)C(=O)N2. The van der Waals surface area contributed by atoms with Crippen LogP contribution in [0.4, 0.5) is 5.69 Å². The second kappa shape index (κ2) is 3.66. The normalized spacial score (nSPS) is 19.7. The predicted molar refractivity (Wildman–Crippen MR) is 60.8 cm³/mol. The van der Waals surface area contributed by atoms with Crippen LogP contribution in [0.2, 0.25) is 0 Å². The van der Waals surface area contributed by atoms with E-state index in [0.29, 0.717) is 6.54 Å². The van der Waals surface area contributed by atoms with Crippen molar-refractivity contribution in [3.05, 3.63) is 28.8 Å². The predicted octanol–water partition coefficient (Wildman–Crippen LogP) is 1.37. The molecule has 1 aromatic carbocycles. The fourth-order valence-corrected chi connectivity index (χ4v) is 2.06. The van der Waals surface area contributed by atoms with Crippen LogP contribution in [-0.4, -0.2) is 12.5 Å². The van der Waals surface area contributed by atoms with Crippen LogP contribution in [0.1, 0.15) is 16.7 Å². The van der Waals surface area contributed by atoms with Crippen molar-refractivity contribution >= 4 is 11.6 Å². The lowest BCUT2D eigenvalue weighted by atomic mass is 9.89. The minimum absolute atomic E-state index is 0.0544. The Morgan fingerprint density at radius 2 is 2.07 bits per heavy atom. The van der Waals surface area contributed by atoms with Crippen molar-refractivity contribution in [1.82, 2.24) is 0 Å². The van der Waals surface area contributed by atoms with E-state index in [1.54, 1.807) is 0 Å². The number of anilines is 1. The smallest absolute Gasteiger partial charge is 0.229 e. The number of hydrogen-bond donors (Lipinski definition) is 2. The Hall–Kier alpha value is -1.35. The molecule has 0 aliphatic carbocycles. The summed E-state index contributed by atoms with van der Waals surface area (Å²) in [4.78, 5) is 11.7. The van der Waals surface area contributed by atoms with Gasteiger partial charge < -0.3 is 11.1 Å². The van der Waals surface area contributed by atoms with Gasteiger partial charge in [0, 0.05) is 12.2 Å². The summed E-state index contributed by atoms with van der Waals surface area (Å²) >= 11 is 0. The highest BCUT2D eigenvalue weighted by Gasteiger charge is 2.26. The lowest BCUT2D eigenvalue weighted by Crippen LogP contribution is -2.35. The highest BCUT2D eigenvalue weighted by Crippen LogP contribution is 2.30. The topological polar surface area (TPSA) is 55.1 Å². The molecule has 0 fully saturated rings. The Morgan fingerprint density at radius 1 is 1.40 bits per heavy atom. The Labute approximate surface area is 89.7 Å². The summed E-state index contributed by atoms with van der Waals surface area (Å²) in [7, 11) is 0. The summed E-state index contributed by atoms with van der Waals surface area (Å²) in [5, 5.41) is 2.95. The molecule has 3 nitrogen and oxygen atoms in total. The molecule has 1 amide bonds. The molecular formula is C12H16N2O. The summed E-state index contributed by atoms with van der Waals surface area (Å²) in [6.07, 6.45) is 0.769. The molecule has 0 aromatic heterocycles. The van der Waals surface area contributed by atoms with Crippen molar-refractivity contribution in [1.29, 1.82) is 0 Å². The van der Waals surface area contributed by atoms with Crippen molar-refractivity contribution in [2.75, 3.05) is 11.9 Å². The van der Waals surface area contributed by atoms with E-state index in [-0.39, 0.29) is 11.8 Å². The summed E-state index contributed by atoms with van der Waals surface area (Å²) in [5.41, 5.74) is 10.2. The number of nitrogens with one attached hydrogen (secondary N) is 1. The number of nitrogens with two attached hydrogens (primary N) is 1. The molecule has 2 rings (SSSR count). The van der Waals surface area contributed by atoms with Gasteiger partial charge in [-0.1, -0.05) is 12.1 Å². The van der Waals surface area contributed by atoms with Gasteiger partial charge in [0.1, 0.15) is 0 Å². The second-order valence-electron chi connectivity index (χ2n) is 4.18. The van der Waals surface area contributed by atoms with E-state index in [1.165, 1.54) is 11.1 Å². The van der Waals surface area contributed by atoms with Crippen LogP contribution in [0.25, 0.3) is 0 Å². The molecule has 3 heteroatoms. The van der Waals surface area contributed by atoms with Gasteiger partial charge >= 0.3 is 0 Å². The lowest BCUT2D eigenvalue weighted by Gasteiger charge is -2.26. The van der Waals surface area contributed by atoms with Gasteiger partial charge in [-0.25, -0.2) is 0 Å². The Bertz CT molecular complexity index is 412. The summed E-state index contributed by atoms with van der Waals surface area (Å²) < 4.78 is 0. The maximum absolute atomic E-state index is 11.7. The van der Waals surface area contributed by atoms with E-state index in [1.807, 2.05) is 13.0 Å². The fraction of sp³-hybridized carbons (Fsp3) is 0.417. The van der Waals surface area contributed by atoms with Gasteiger partial charge in [0.25, 0.3) is 0 Å². The van der Waals surface area contributed by atoms with E-state index in [4.69, 9.17) is 5.73 Å². The highest BCUT2D eigenvalue weighted by atomic mass is 16.1. The summed E-state index contributed by atoms with van der Waals surface area (Å²) in [5.74, 6) is -0.0169. The average molecular weight is 204 g/mol. The first-order valence-corrected chi connectivity index (χ1v) is 5.23. The molecule has 3 N–H and O–H groups in total. The molecule has 0 radical (unpaired) electrons. The number of benzene rings is 1. The number of carbonyl (C=O) groups excluding carboxylic acids is 1. The summed E-state index contributed by atoms with van der Waals surface area (Å²) in [6, 6.07) is 4.14. The molecule has 0 saturated heterocycles. The largest absolute Gasteiger partial charge is 0.330 e. The number of carbonyl (C=O) groups is 1. The third kappa shape index (κ3) is 1.63. The molecule has 1 unspecified atom stereocenters. The zero-order valence-electron chi connectivity index (χ0n) is 9.13. The Balaban J connectivity index is 2.48. The van der Waals surface area contributed by atoms with Crippen molar-refractivity contribution in [3.8, 4) is 0 Å². The van der Waals surface area contributed by atoms with Crippen LogP contribution >= 0.6 is 0 Å². The van der Waals surface area contributed by atoms with Crippen molar-refractivity contribution in [2.24, 2.45) is 11.7 Å². The van der Waals surface area contributed by atoms with Gasteiger partial charge in [-0.15, -0.1) is 0 Å². The molecule has 1 heterocycles. The molecule has 1 atom stereocenters. The van der Waals surface area contributed by atoms with Crippen molar-refractivity contribution in [3.63, 3.8) is 0 Å². The number of amides is 1. The van der Waals surface area contributed by atoms with Gasteiger partial charge in [0.15, 0.2) is 0 Å². The number of fused-ring (bicyclic) bond motifs is 1. The average Bonchev–Trinajstić information content (AvgIpc) is 2.23. The first-order valence-electron chi connectivity index (χ1n) is 5.23. The van der Waals surface area contributed by atoms with E-state index < -0.39 is 0 Å². The van der Waals surface area contributed by atoms with E-state index >= 15 is 0 Å². The van der Waals surface area contributed by atoms with E-state index in [9.17, 15) is 4.79 Å². The number of rotatable bonds is 1. The van der Waals surface area contributed by atoms with Crippen LogP contribution in [-0.2, 0) is 11.2 Å². The first-order chi connectivity index (χ1) is 7.13.